The smallest absolute Gasteiger partial charge is 0.328 e. The summed E-state index contributed by atoms with van der Waals surface area (Å²) in [5.74, 6) is -1.03. The van der Waals surface area contributed by atoms with Crippen molar-refractivity contribution in [3.05, 3.63) is 36.0 Å². The van der Waals surface area contributed by atoms with Crippen molar-refractivity contribution in [2.45, 2.75) is 6.04 Å². The number of benzene rings is 1. The van der Waals surface area contributed by atoms with Gasteiger partial charge in [0.2, 0.25) is 0 Å². The molecule has 0 radical (unpaired) electrons. The Morgan fingerprint density at radius 2 is 2.00 bits per heavy atom. The fourth-order valence-corrected chi connectivity index (χ4v) is 2.01. The van der Waals surface area contributed by atoms with E-state index in [1.54, 1.807) is 31.4 Å². The van der Waals surface area contributed by atoms with E-state index in [9.17, 15) is 9.59 Å². The molecule has 23 heavy (non-hydrogen) atoms. The number of hydrogen-bond acceptors (Lipinski definition) is 5. The number of hydrogen-bond donors (Lipinski definition) is 3. The summed E-state index contributed by atoms with van der Waals surface area (Å²) in [6, 6.07) is 5.91. The largest absolute Gasteiger partial charge is 0.497 e. The number of H-pyrrole nitrogens is 1. The Morgan fingerprint density at radius 3 is 2.57 bits per heavy atom. The Morgan fingerprint density at radius 1 is 1.30 bits per heavy atom. The van der Waals surface area contributed by atoms with Gasteiger partial charge in [0.05, 0.1) is 31.2 Å². The van der Waals surface area contributed by atoms with Crippen molar-refractivity contribution >= 4 is 11.9 Å². The number of carbonyl (C=O) groups is 2. The van der Waals surface area contributed by atoms with E-state index in [2.05, 4.69) is 15.5 Å². The van der Waals surface area contributed by atoms with Crippen LogP contribution in [0.2, 0.25) is 0 Å². The van der Waals surface area contributed by atoms with E-state index in [0.29, 0.717) is 11.4 Å². The second kappa shape index (κ2) is 7.41. The normalized spacial score (nSPS) is 11.7. The molecule has 0 aliphatic carbocycles. The first-order valence-corrected chi connectivity index (χ1v) is 6.77. The molecule has 1 aromatic carbocycles. The van der Waals surface area contributed by atoms with E-state index < -0.39 is 17.9 Å². The topological polar surface area (TPSA) is 114 Å². The zero-order chi connectivity index (χ0) is 16.8. The summed E-state index contributed by atoms with van der Waals surface area (Å²) in [5.41, 5.74) is 1.47. The van der Waals surface area contributed by atoms with Gasteiger partial charge in [0.25, 0.3) is 5.91 Å². The molecule has 8 nitrogen and oxygen atoms in total. The summed E-state index contributed by atoms with van der Waals surface area (Å²) in [6.07, 6.45) is 1.35. The van der Waals surface area contributed by atoms with Crippen LogP contribution < -0.4 is 10.1 Å². The lowest BCUT2D eigenvalue weighted by molar-refractivity contribution is -0.140. The van der Waals surface area contributed by atoms with Crippen LogP contribution in [0.25, 0.3) is 11.3 Å². The number of methoxy groups -OCH3 is 2. The first-order chi connectivity index (χ1) is 11.1. The Bertz CT molecular complexity index is 681. The summed E-state index contributed by atoms with van der Waals surface area (Å²) < 4.78 is 9.88. The Balaban J connectivity index is 2.22. The molecule has 0 aliphatic rings. The number of carboxylic acids is 1. The number of carbonyl (C=O) groups excluding carboxylic acids is 1. The minimum atomic E-state index is -1.17. The lowest BCUT2D eigenvalue weighted by Gasteiger charge is -2.13. The van der Waals surface area contributed by atoms with Crippen LogP contribution in [0.1, 0.15) is 10.4 Å². The van der Waals surface area contributed by atoms with Crippen LogP contribution in [0.5, 0.6) is 5.75 Å². The average Bonchev–Trinajstić information content (AvgIpc) is 3.04. The van der Waals surface area contributed by atoms with Crippen molar-refractivity contribution < 1.29 is 24.2 Å². The van der Waals surface area contributed by atoms with Crippen molar-refractivity contribution in [3.8, 4) is 17.0 Å². The molecular formula is C15H17N3O5. The summed E-state index contributed by atoms with van der Waals surface area (Å²) in [7, 11) is 2.93. The van der Waals surface area contributed by atoms with Gasteiger partial charge in [-0.2, -0.15) is 5.10 Å². The van der Waals surface area contributed by atoms with Crippen LogP contribution in [-0.2, 0) is 9.53 Å². The third kappa shape index (κ3) is 3.86. The highest BCUT2D eigenvalue weighted by atomic mass is 16.5. The lowest BCUT2D eigenvalue weighted by Crippen LogP contribution is -2.43. The molecule has 122 valence electrons. The molecule has 0 saturated heterocycles. The minimum Gasteiger partial charge on any atom is -0.497 e. The highest BCUT2D eigenvalue weighted by Crippen LogP contribution is 2.23. The lowest BCUT2D eigenvalue weighted by atomic mass is 10.1. The summed E-state index contributed by atoms with van der Waals surface area (Å²) >= 11 is 0. The zero-order valence-electron chi connectivity index (χ0n) is 12.7. The SMILES string of the molecule is COCC(NC(=O)c1cn[nH]c1-c1ccc(OC)cc1)C(=O)O. The van der Waals surface area contributed by atoms with Crippen molar-refractivity contribution in [1.82, 2.24) is 15.5 Å². The summed E-state index contributed by atoms with van der Waals surface area (Å²) in [5, 5.41) is 18.1. The molecule has 0 aliphatic heterocycles. The number of nitrogens with one attached hydrogen (secondary N) is 2. The molecule has 2 rings (SSSR count). The van der Waals surface area contributed by atoms with Gasteiger partial charge in [0.1, 0.15) is 5.75 Å². The van der Waals surface area contributed by atoms with Crippen molar-refractivity contribution in [3.63, 3.8) is 0 Å². The van der Waals surface area contributed by atoms with Gasteiger partial charge in [-0.05, 0) is 24.3 Å². The maximum absolute atomic E-state index is 12.3. The predicted molar refractivity (Wildman–Crippen MR) is 81.3 cm³/mol. The fourth-order valence-electron chi connectivity index (χ4n) is 2.01. The van der Waals surface area contributed by atoms with Gasteiger partial charge in [-0.25, -0.2) is 4.79 Å². The number of aromatic amines is 1. The third-order valence-electron chi connectivity index (χ3n) is 3.20. The van der Waals surface area contributed by atoms with Crippen LogP contribution in [0.4, 0.5) is 0 Å². The molecule has 0 saturated carbocycles. The molecule has 1 heterocycles. The van der Waals surface area contributed by atoms with Gasteiger partial charge >= 0.3 is 5.97 Å². The molecule has 0 fully saturated rings. The van der Waals surface area contributed by atoms with E-state index in [4.69, 9.17) is 14.6 Å². The van der Waals surface area contributed by atoms with E-state index in [1.807, 2.05) is 0 Å². The fraction of sp³-hybridized carbons (Fsp3) is 0.267. The number of amides is 1. The average molecular weight is 319 g/mol. The van der Waals surface area contributed by atoms with Gasteiger partial charge in [-0.15, -0.1) is 0 Å². The third-order valence-corrected chi connectivity index (χ3v) is 3.20. The highest BCUT2D eigenvalue weighted by molar-refractivity contribution is 6.01. The molecule has 8 heteroatoms. The maximum atomic E-state index is 12.3. The number of nitrogens with zero attached hydrogens (tertiary/aromatic N) is 1. The number of rotatable bonds is 7. The van der Waals surface area contributed by atoms with Gasteiger partial charge in [-0.1, -0.05) is 0 Å². The van der Waals surface area contributed by atoms with Crippen molar-refractivity contribution in [2.24, 2.45) is 0 Å². The van der Waals surface area contributed by atoms with Gasteiger partial charge in [-0.3, -0.25) is 9.89 Å². The maximum Gasteiger partial charge on any atom is 0.328 e. The van der Waals surface area contributed by atoms with E-state index in [0.717, 1.165) is 5.56 Å². The first-order valence-electron chi connectivity index (χ1n) is 6.77. The van der Waals surface area contributed by atoms with Crippen LogP contribution in [0, 0.1) is 0 Å². The second-order valence-electron chi connectivity index (χ2n) is 4.71. The molecule has 1 atom stereocenters. The summed E-state index contributed by atoms with van der Waals surface area (Å²) in [6.45, 7) is -0.128. The van der Waals surface area contributed by atoms with Crippen molar-refractivity contribution in [2.75, 3.05) is 20.8 Å². The van der Waals surface area contributed by atoms with E-state index in [-0.39, 0.29) is 12.2 Å². The standard InChI is InChI=1S/C15H17N3O5/c1-22-8-12(15(20)21)17-14(19)11-7-16-18-13(11)9-3-5-10(23-2)6-4-9/h3-7,12H,8H2,1-2H3,(H,16,18)(H,17,19)(H,20,21). The Hall–Kier alpha value is -2.87. The quantitative estimate of drug-likeness (QED) is 0.699. The summed E-state index contributed by atoms with van der Waals surface area (Å²) in [4.78, 5) is 23.4. The van der Waals surface area contributed by atoms with Gasteiger partial charge in [0.15, 0.2) is 6.04 Å². The molecule has 0 bridgehead atoms. The Labute approximate surface area is 132 Å². The van der Waals surface area contributed by atoms with Crippen LogP contribution in [-0.4, -0.2) is 54.0 Å². The number of ether oxygens (including phenoxy) is 2. The molecule has 3 N–H and O–H groups in total. The van der Waals surface area contributed by atoms with Gasteiger partial charge in [0, 0.05) is 12.7 Å². The van der Waals surface area contributed by atoms with E-state index >= 15 is 0 Å². The first kappa shape index (κ1) is 16.5. The van der Waals surface area contributed by atoms with Crippen molar-refractivity contribution in [1.29, 1.82) is 0 Å². The molecule has 2 aromatic rings. The number of aromatic nitrogens is 2. The van der Waals surface area contributed by atoms with Crippen LogP contribution >= 0.6 is 0 Å². The minimum absolute atomic E-state index is 0.128. The highest BCUT2D eigenvalue weighted by Gasteiger charge is 2.23. The van der Waals surface area contributed by atoms with Gasteiger partial charge < -0.3 is 19.9 Å². The molecular weight excluding hydrogens is 302 g/mol. The monoisotopic (exact) mass is 319 g/mol. The van der Waals surface area contributed by atoms with E-state index in [1.165, 1.54) is 13.3 Å². The Kier molecular flexibility index (Phi) is 5.32. The predicted octanol–water partition coefficient (Wildman–Crippen LogP) is 0.915. The second-order valence-corrected chi connectivity index (χ2v) is 4.71. The number of aliphatic carboxylic acids is 1. The molecule has 1 unspecified atom stereocenters. The molecule has 1 amide bonds. The molecule has 1 aromatic heterocycles. The number of carboxylic acid groups (broad SMARTS) is 1. The molecule has 0 spiro atoms. The van der Waals surface area contributed by atoms with Crippen LogP contribution in [0.15, 0.2) is 30.5 Å². The van der Waals surface area contributed by atoms with Crippen LogP contribution in [0.3, 0.4) is 0 Å². The zero-order valence-corrected chi connectivity index (χ0v) is 12.7.